The van der Waals surface area contributed by atoms with Crippen molar-refractivity contribution in [2.45, 2.75) is 19.4 Å². The number of halogens is 4. The fourth-order valence-electron chi connectivity index (χ4n) is 3.29. The number of amides is 2. The minimum absolute atomic E-state index is 0.00303. The van der Waals surface area contributed by atoms with E-state index in [1.54, 1.807) is 0 Å². The first kappa shape index (κ1) is 33.5. The summed E-state index contributed by atoms with van der Waals surface area (Å²) in [5, 5.41) is 24.2. The number of phenolic OH excluding ortho intramolecular Hbond substituents is 1. The number of anilines is 2. The second-order valence-electron chi connectivity index (χ2n) is 8.06. The van der Waals surface area contributed by atoms with Crippen molar-refractivity contribution in [2.75, 3.05) is 21.3 Å². The number of nitrogens with one attached hydrogen (secondary N) is 2. The molecule has 0 aromatic heterocycles. The number of rotatable bonds is 10. The molecule has 0 bridgehead atoms. The molecule has 13 nitrogen and oxygen atoms in total. The molecule has 0 aliphatic rings. The van der Waals surface area contributed by atoms with E-state index in [1.807, 2.05) is 0 Å². The van der Waals surface area contributed by atoms with Crippen molar-refractivity contribution in [3.63, 3.8) is 0 Å². The molecule has 220 valence electrons. The predicted molar refractivity (Wildman–Crippen MR) is 166 cm³/mol. The van der Waals surface area contributed by atoms with E-state index in [0.717, 1.165) is 18.2 Å². The van der Waals surface area contributed by atoms with Crippen LogP contribution in [0.4, 0.5) is 22.7 Å². The van der Waals surface area contributed by atoms with Gasteiger partial charge in [-0.15, -0.1) is 10.2 Å². The summed E-state index contributed by atoms with van der Waals surface area (Å²) in [5.41, 5.74) is -1.02. The van der Waals surface area contributed by atoms with Crippen LogP contribution in [0.25, 0.3) is 10.8 Å². The summed E-state index contributed by atoms with van der Waals surface area (Å²) < 4.78 is 67.7. The van der Waals surface area contributed by atoms with Gasteiger partial charge in [-0.25, -0.2) is 0 Å². The van der Waals surface area contributed by atoms with E-state index in [4.69, 9.17) is 0 Å². The van der Waals surface area contributed by atoms with Crippen molar-refractivity contribution < 1.29 is 40.6 Å². The Labute approximate surface area is 267 Å². The number of benzene rings is 3. The van der Waals surface area contributed by atoms with E-state index < -0.39 is 68.6 Å². The van der Waals surface area contributed by atoms with E-state index >= 15 is 0 Å². The number of hydrogen-bond acceptors (Lipinski definition) is 9. The molecule has 0 radical (unpaired) electrons. The van der Waals surface area contributed by atoms with Gasteiger partial charge in [0, 0.05) is 27.4 Å². The summed E-state index contributed by atoms with van der Waals surface area (Å²) in [6.45, 7) is 0. The summed E-state index contributed by atoms with van der Waals surface area (Å²) in [7, 11) is -9.87. The molecule has 5 N–H and O–H groups in total. The summed E-state index contributed by atoms with van der Waals surface area (Å²) in [6.07, 6.45) is 0. The number of nitrogens with zero attached hydrogens (tertiary/aromatic N) is 2. The molecule has 0 heterocycles. The van der Waals surface area contributed by atoms with Crippen LogP contribution >= 0.6 is 63.7 Å². The number of alkyl halides is 4. The van der Waals surface area contributed by atoms with Crippen molar-refractivity contribution >= 4 is 129 Å². The highest BCUT2D eigenvalue weighted by molar-refractivity contribution is 9.12. The van der Waals surface area contributed by atoms with Crippen LogP contribution in [0.2, 0.25) is 0 Å². The highest BCUT2D eigenvalue weighted by atomic mass is 79.9. The van der Waals surface area contributed by atoms with Crippen molar-refractivity contribution in [1.29, 1.82) is 0 Å². The zero-order valence-corrected chi connectivity index (χ0v) is 28.1. The number of aromatic hydroxyl groups is 1. The molecule has 2 amide bonds. The maximum atomic E-state index is 12.2. The van der Waals surface area contributed by atoms with Crippen molar-refractivity contribution in [3.05, 3.63) is 42.5 Å². The first-order valence-electron chi connectivity index (χ1n) is 10.9. The summed E-state index contributed by atoms with van der Waals surface area (Å²) in [6, 6.07) is 8.28. The number of phenols is 1. The minimum Gasteiger partial charge on any atom is -0.505 e. The molecule has 3 aromatic rings. The van der Waals surface area contributed by atoms with Gasteiger partial charge < -0.3 is 15.7 Å². The lowest BCUT2D eigenvalue weighted by Crippen LogP contribution is -2.23. The Morgan fingerprint density at radius 3 is 1.80 bits per heavy atom. The second kappa shape index (κ2) is 13.5. The first-order chi connectivity index (χ1) is 19.1. The first-order valence-corrected chi connectivity index (χ1v) is 17.8. The predicted octanol–water partition coefficient (Wildman–Crippen LogP) is 5.65. The van der Waals surface area contributed by atoms with E-state index in [0.29, 0.717) is 5.33 Å². The molecule has 0 saturated heterocycles. The molecule has 0 aliphatic carbocycles. The zero-order valence-electron chi connectivity index (χ0n) is 20.1. The van der Waals surface area contributed by atoms with Gasteiger partial charge in [0.15, 0.2) is 5.75 Å². The molecule has 0 saturated carbocycles. The van der Waals surface area contributed by atoms with E-state index in [1.165, 1.54) is 24.3 Å². The smallest absolute Gasteiger partial charge is 0.296 e. The maximum absolute atomic E-state index is 12.2. The summed E-state index contributed by atoms with van der Waals surface area (Å²) >= 11 is 12.6. The van der Waals surface area contributed by atoms with Gasteiger partial charge in [-0.05, 0) is 41.8 Å². The van der Waals surface area contributed by atoms with Crippen LogP contribution in [0.15, 0.2) is 62.5 Å². The third kappa shape index (κ3) is 8.31. The molecular weight excluding hydrogens is 848 g/mol. The van der Waals surface area contributed by atoms with Gasteiger partial charge in [0.1, 0.15) is 30.8 Å². The lowest BCUT2D eigenvalue weighted by molar-refractivity contribution is -0.116. The second-order valence-corrected chi connectivity index (χ2v) is 14.3. The van der Waals surface area contributed by atoms with Crippen LogP contribution in [0, 0.1) is 0 Å². The molecule has 0 unspecified atom stereocenters. The molecule has 3 rings (SSSR count). The molecule has 3 aromatic carbocycles. The van der Waals surface area contributed by atoms with Gasteiger partial charge in [-0.1, -0.05) is 69.8 Å². The molecule has 0 aliphatic heterocycles. The number of hydrogen-bond donors (Lipinski definition) is 5. The molecular formula is C22H18Br4N4O9S2. The Hall–Kier alpha value is -2.00. The van der Waals surface area contributed by atoms with Crippen molar-refractivity contribution in [3.8, 4) is 5.75 Å². The Morgan fingerprint density at radius 2 is 1.29 bits per heavy atom. The molecule has 19 heteroatoms. The number of fused-ring (bicyclic) bond motifs is 1. The fraction of sp³-hybridized carbons (Fsp3) is 0.182. The molecule has 2 atom stereocenters. The minimum atomic E-state index is -5.00. The number of azo groups is 1. The van der Waals surface area contributed by atoms with Gasteiger partial charge >= 0.3 is 0 Å². The average Bonchev–Trinajstić information content (AvgIpc) is 2.90. The standard InChI is InChI=1S/C22H18Br4N4O9S2/c23-8-14(25)21(32)27-11-2-1-10-5-18(41(37,38)39)19(20(31)13(10)6-11)30-29-16-7-12(28-22(33)15(26)9-24)3-4-17(16)40(34,35)36/h1-7,14-15,31H,8-9H2,(H,27,32)(H,28,33)(H,34,35,36)(H,37,38,39)/t14-,15+/m1/s1. The maximum Gasteiger partial charge on any atom is 0.296 e. The summed E-state index contributed by atoms with van der Waals surface area (Å²) in [5.74, 6) is -1.69. The normalized spacial score (nSPS) is 13.7. The van der Waals surface area contributed by atoms with Crippen LogP contribution in [0.5, 0.6) is 5.75 Å². The third-order valence-corrected chi connectivity index (χ3v) is 11.5. The van der Waals surface area contributed by atoms with Gasteiger partial charge in [-0.3, -0.25) is 18.7 Å². The zero-order chi connectivity index (χ0) is 30.7. The topological polar surface area (TPSA) is 212 Å². The van der Waals surface area contributed by atoms with Crippen LogP contribution in [0.3, 0.4) is 0 Å². The molecule has 0 fully saturated rings. The third-order valence-electron chi connectivity index (χ3n) is 5.20. The quantitative estimate of drug-likeness (QED) is 0.0967. The largest absolute Gasteiger partial charge is 0.505 e. The Kier molecular flexibility index (Phi) is 11.1. The van der Waals surface area contributed by atoms with E-state index in [-0.39, 0.29) is 27.5 Å². The van der Waals surface area contributed by atoms with E-state index in [9.17, 15) is 40.6 Å². The Bertz CT molecular complexity index is 1770. The molecule has 0 spiro atoms. The monoisotopic (exact) mass is 862 g/mol. The molecule has 41 heavy (non-hydrogen) atoms. The van der Waals surface area contributed by atoms with Crippen molar-refractivity contribution in [2.24, 2.45) is 10.2 Å². The van der Waals surface area contributed by atoms with Crippen LogP contribution in [-0.2, 0) is 29.8 Å². The Morgan fingerprint density at radius 1 is 0.780 bits per heavy atom. The number of carbonyl (C=O) groups is 2. The fourth-order valence-corrected chi connectivity index (χ4v) is 5.37. The van der Waals surface area contributed by atoms with Crippen LogP contribution < -0.4 is 10.6 Å². The van der Waals surface area contributed by atoms with Crippen LogP contribution in [-0.4, -0.2) is 63.2 Å². The van der Waals surface area contributed by atoms with Crippen molar-refractivity contribution in [1.82, 2.24) is 0 Å². The highest BCUT2D eigenvalue weighted by Gasteiger charge is 2.24. The highest BCUT2D eigenvalue weighted by Crippen LogP contribution is 2.42. The van der Waals surface area contributed by atoms with Gasteiger partial charge in [-0.2, -0.15) is 16.8 Å². The number of carbonyl (C=O) groups excluding carboxylic acids is 2. The Balaban J connectivity index is 2.19. The average molecular weight is 866 g/mol. The summed E-state index contributed by atoms with van der Waals surface area (Å²) in [4.78, 5) is 21.6. The SMILES string of the molecule is O=C(Nc1ccc2cc(S(=O)(=O)O)c(N=Nc3cc(NC(=O)[C@@H](Br)CBr)ccc3S(=O)(=O)O)c(O)c2c1)[C@H](Br)CBr. The lowest BCUT2D eigenvalue weighted by Gasteiger charge is -2.12. The van der Waals surface area contributed by atoms with E-state index in [2.05, 4.69) is 84.6 Å². The van der Waals surface area contributed by atoms with Crippen LogP contribution in [0.1, 0.15) is 0 Å². The lowest BCUT2D eigenvalue weighted by atomic mass is 10.1. The van der Waals surface area contributed by atoms with Gasteiger partial charge in [0.25, 0.3) is 20.2 Å². The van der Waals surface area contributed by atoms with Gasteiger partial charge in [0.2, 0.25) is 11.8 Å². The van der Waals surface area contributed by atoms with Gasteiger partial charge in [0.05, 0.1) is 0 Å².